The van der Waals surface area contributed by atoms with E-state index in [1.807, 2.05) is 59.8 Å². The Hall–Kier alpha value is -2.73. The van der Waals surface area contributed by atoms with Crippen molar-refractivity contribution >= 4 is 34.1 Å². The molecule has 1 fully saturated rings. The van der Waals surface area contributed by atoms with E-state index in [4.69, 9.17) is 9.72 Å². The number of piperidine rings is 1. The van der Waals surface area contributed by atoms with Crippen LogP contribution in [0.1, 0.15) is 35.7 Å². The minimum atomic E-state index is -0.149. The number of rotatable bonds is 4. The summed E-state index contributed by atoms with van der Waals surface area (Å²) in [4.78, 5) is 32.1. The van der Waals surface area contributed by atoms with Crippen molar-refractivity contribution in [1.82, 2.24) is 9.88 Å². The number of benzene rings is 1. The highest BCUT2D eigenvalue weighted by Crippen LogP contribution is 2.29. The number of carbonyl (C=O) groups is 2. The number of fused-ring (bicyclic) bond motifs is 1. The minimum Gasteiger partial charge on any atom is -0.466 e. The van der Waals surface area contributed by atoms with Gasteiger partial charge in [0.15, 0.2) is 0 Å². The van der Waals surface area contributed by atoms with Gasteiger partial charge in [0.2, 0.25) is 0 Å². The molecule has 0 aliphatic carbocycles. The van der Waals surface area contributed by atoms with Crippen LogP contribution in [0, 0.1) is 12.8 Å². The number of esters is 1. The van der Waals surface area contributed by atoms with Crippen molar-refractivity contribution in [3.05, 3.63) is 52.2 Å². The predicted octanol–water partition coefficient (Wildman–Crippen LogP) is 4.69. The van der Waals surface area contributed by atoms with E-state index in [9.17, 15) is 9.59 Å². The summed E-state index contributed by atoms with van der Waals surface area (Å²) >= 11 is 1.61. The van der Waals surface area contributed by atoms with Crippen LogP contribution in [0.3, 0.4) is 0 Å². The van der Waals surface area contributed by atoms with Gasteiger partial charge < -0.3 is 9.64 Å². The number of hydrogen-bond donors (Lipinski definition) is 0. The molecule has 150 valence electrons. The zero-order chi connectivity index (χ0) is 20.4. The van der Waals surface area contributed by atoms with Crippen molar-refractivity contribution in [2.45, 2.75) is 26.7 Å². The normalized spacial score (nSPS) is 14.9. The van der Waals surface area contributed by atoms with Crippen molar-refractivity contribution in [3.63, 3.8) is 0 Å². The molecule has 4 rings (SSSR count). The first kappa shape index (κ1) is 19.6. The number of ether oxygens (including phenoxy) is 1. The number of likely N-dealkylation sites (tertiary alicyclic amines) is 1. The molecular formula is C23H24N2O3S. The average molecular weight is 409 g/mol. The van der Waals surface area contributed by atoms with E-state index in [1.54, 1.807) is 11.3 Å². The largest absolute Gasteiger partial charge is 0.466 e. The van der Waals surface area contributed by atoms with Gasteiger partial charge in [-0.2, -0.15) is 11.3 Å². The maximum atomic E-state index is 13.4. The summed E-state index contributed by atoms with van der Waals surface area (Å²) in [5.41, 5.74) is 4.43. The van der Waals surface area contributed by atoms with Crippen LogP contribution in [0.2, 0.25) is 0 Å². The van der Waals surface area contributed by atoms with Crippen LogP contribution in [-0.4, -0.2) is 41.5 Å². The highest BCUT2D eigenvalue weighted by Gasteiger charge is 2.29. The predicted molar refractivity (Wildman–Crippen MR) is 115 cm³/mol. The molecule has 2 aromatic heterocycles. The Morgan fingerprint density at radius 3 is 2.69 bits per heavy atom. The fraction of sp³-hybridized carbons (Fsp3) is 0.348. The summed E-state index contributed by atoms with van der Waals surface area (Å²) in [5, 5.41) is 4.93. The lowest BCUT2D eigenvalue weighted by Crippen LogP contribution is -2.40. The average Bonchev–Trinajstić information content (AvgIpc) is 3.28. The van der Waals surface area contributed by atoms with Crippen LogP contribution in [0.5, 0.6) is 0 Å². The Bertz CT molecular complexity index is 1040. The standard InChI is InChI=1S/C23H24N2O3S/c1-3-28-23(27)16-6-9-25(10-7-16)22(26)19-13-21(17-8-11-29-14-17)24-20-5-4-15(2)12-18(19)20/h4-5,8,11-14,16H,3,6-7,9-10H2,1-2H3. The number of amides is 1. The van der Waals surface area contributed by atoms with Crippen molar-refractivity contribution in [3.8, 4) is 11.3 Å². The molecule has 1 aliphatic rings. The summed E-state index contributed by atoms with van der Waals surface area (Å²) in [6.07, 6.45) is 1.29. The number of nitrogens with zero attached hydrogens (tertiary/aromatic N) is 2. The minimum absolute atomic E-state index is 0.00166. The zero-order valence-electron chi connectivity index (χ0n) is 16.7. The molecule has 0 unspecified atom stereocenters. The van der Waals surface area contributed by atoms with E-state index >= 15 is 0 Å². The van der Waals surface area contributed by atoms with E-state index in [0.29, 0.717) is 38.1 Å². The first-order valence-electron chi connectivity index (χ1n) is 9.96. The third kappa shape index (κ3) is 4.03. The Morgan fingerprint density at radius 1 is 1.21 bits per heavy atom. The molecule has 0 bridgehead atoms. The van der Waals surface area contributed by atoms with Gasteiger partial charge in [-0.25, -0.2) is 4.98 Å². The van der Waals surface area contributed by atoms with Crippen LogP contribution in [0.15, 0.2) is 41.1 Å². The van der Waals surface area contributed by atoms with Gasteiger partial charge in [-0.05, 0) is 56.3 Å². The lowest BCUT2D eigenvalue weighted by Gasteiger charge is -2.31. The van der Waals surface area contributed by atoms with E-state index in [2.05, 4.69) is 0 Å². The van der Waals surface area contributed by atoms with Crippen LogP contribution >= 0.6 is 11.3 Å². The number of hydrogen-bond acceptors (Lipinski definition) is 5. The summed E-state index contributed by atoms with van der Waals surface area (Å²) in [5.74, 6) is -0.261. The van der Waals surface area contributed by atoms with Crippen LogP contribution in [0.4, 0.5) is 0 Å². The van der Waals surface area contributed by atoms with Gasteiger partial charge in [0, 0.05) is 29.4 Å². The molecule has 5 nitrogen and oxygen atoms in total. The molecule has 1 saturated heterocycles. The van der Waals surface area contributed by atoms with Gasteiger partial charge in [-0.1, -0.05) is 11.6 Å². The molecule has 29 heavy (non-hydrogen) atoms. The highest BCUT2D eigenvalue weighted by atomic mass is 32.1. The van der Waals surface area contributed by atoms with Crippen molar-refractivity contribution < 1.29 is 14.3 Å². The first-order valence-corrected chi connectivity index (χ1v) is 10.9. The highest BCUT2D eigenvalue weighted by molar-refractivity contribution is 7.08. The SMILES string of the molecule is CCOC(=O)C1CCN(C(=O)c2cc(-c3ccsc3)nc3ccc(C)cc23)CC1. The topological polar surface area (TPSA) is 59.5 Å². The van der Waals surface area contributed by atoms with Crippen molar-refractivity contribution in [2.75, 3.05) is 19.7 Å². The van der Waals surface area contributed by atoms with Crippen LogP contribution in [-0.2, 0) is 9.53 Å². The Labute approximate surface area is 174 Å². The number of thiophene rings is 1. The summed E-state index contributed by atoms with van der Waals surface area (Å²) in [6, 6.07) is 9.95. The second-order valence-corrected chi connectivity index (χ2v) is 8.19. The van der Waals surface area contributed by atoms with E-state index in [-0.39, 0.29) is 17.8 Å². The van der Waals surface area contributed by atoms with E-state index in [0.717, 1.165) is 27.7 Å². The molecule has 0 spiro atoms. The fourth-order valence-corrected chi connectivity index (χ4v) is 4.47. The lowest BCUT2D eigenvalue weighted by atomic mass is 9.95. The first-order chi connectivity index (χ1) is 14.1. The molecule has 6 heteroatoms. The number of pyridine rings is 1. The fourth-order valence-electron chi connectivity index (χ4n) is 3.82. The number of aryl methyl sites for hydroxylation is 1. The van der Waals surface area contributed by atoms with Gasteiger partial charge in [0.25, 0.3) is 5.91 Å². The second-order valence-electron chi connectivity index (χ2n) is 7.41. The van der Waals surface area contributed by atoms with Gasteiger partial charge in [-0.3, -0.25) is 9.59 Å². The molecule has 3 heterocycles. The second kappa shape index (κ2) is 8.33. The Balaban J connectivity index is 1.65. The monoisotopic (exact) mass is 408 g/mol. The third-order valence-corrected chi connectivity index (χ3v) is 6.10. The maximum Gasteiger partial charge on any atom is 0.309 e. The number of carbonyl (C=O) groups excluding carboxylic acids is 2. The van der Waals surface area contributed by atoms with Gasteiger partial charge >= 0.3 is 5.97 Å². The molecule has 0 radical (unpaired) electrons. The Morgan fingerprint density at radius 2 is 2.00 bits per heavy atom. The lowest BCUT2D eigenvalue weighted by molar-refractivity contribution is -0.149. The molecule has 1 amide bonds. The van der Waals surface area contributed by atoms with Crippen LogP contribution < -0.4 is 0 Å². The van der Waals surface area contributed by atoms with Gasteiger partial charge in [-0.15, -0.1) is 0 Å². The smallest absolute Gasteiger partial charge is 0.309 e. The van der Waals surface area contributed by atoms with Crippen LogP contribution in [0.25, 0.3) is 22.2 Å². The van der Waals surface area contributed by atoms with E-state index < -0.39 is 0 Å². The quantitative estimate of drug-likeness (QED) is 0.588. The van der Waals surface area contributed by atoms with Gasteiger partial charge in [0.05, 0.1) is 29.3 Å². The molecule has 1 aromatic carbocycles. The molecule has 3 aromatic rings. The Kier molecular flexibility index (Phi) is 5.62. The molecule has 0 saturated carbocycles. The zero-order valence-corrected chi connectivity index (χ0v) is 17.5. The molecule has 0 atom stereocenters. The third-order valence-electron chi connectivity index (χ3n) is 5.41. The van der Waals surface area contributed by atoms with E-state index in [1.165, 1.54) is 0 Å². The van der Waals surface area contributed by atoms with Gasteiger partial charge in [0.1, 0.15) is 0 Å². The molecule has 0 N–H and O–H groups in total. The maximum absolute atomic E-state index is 13.4. The molecule has 1 aliphatic heterocycles. The molecular weight excluding hydrogens is 384 g/mol. The van der Waals surface area contributed by atoms with Crippen molar-refractivity contribution in [2.24, 2.45) is 5.92 Å². The number of aromatic nitrogens is 1. The summed E-state index contributed by atoms with van der Waals surface area (Å²) < 4.78 is 5.14. The summed E-state index contributed by atoms with van der Waals surface area (Å²) in [7, 11) is 0. The summed E-state index contributed by atoms with van der Waals surface area (Å²) in [6.45, 7) is 5.35. The van der Waals surface area contributed by atoms with Crippen molar-refractivity contribution in [1.29, 1.82) is 0 Å².